The molecule has 0 bridgehead atoms. The van der Waals surface area contributed by atoms with Gasteiger partial charge in [0.25, 0.3) is 0 Å². The summed E-state index contributed by atoms with van der Waals surface area (Å²) in [6, 6.07) is 3.69. The number of carbonyl (C=O) groups is 1. The van der Waals surface area contributed by atoms with E-state index in [4.69, 9.17) is 9.84 Å². The Morgan fingerprint density at radius 2 is 2.33 bits per heavy atom. The van der Waals surface area contributed by atoms with Crippen LogP contribution in [-0.2, 0) is 11.3 Å². The molecule has 3 aromatic heterocycles. The van der Waals surface area contributed by atoms with Crippen LogP contribution in [0.3, 0.4) is 0 Å². The van der Waals surface area contributed by atoms with Gasteiger partial charge in [-0.1, -0.05) is 0 Å². The standard InChI is InChI=1S/C14H13N3O3S/c1-2-20-14(19)11-5-15-17-6-9(3-4-12(11)17)13-16-10(7-18)8-21-13/h3-6,8,18H,2,7H2,1H3. The number of carbonyl (C=O) groups excluding carboxylic acids is 1. The molecule has 0 saturated heterocycles. The van der Waals surface area contributed by atoms with Gasteiger partial charge in [-0.05, 0) is 19.1 Å². The summed E-state index contributed by atoms with van der Waals surface area (Å²) in [6.07, 6.45) is 3.30. The Kier molecular flexibility index (Phi) is 3.68. The molecule has 0 radical (unpaired) electrons. The van der Waals surface area contributed by atoms with E-state index in [1.54, 1.807) is 17.6 Å². The normalized spacial score (nSPS) is 11.0. The quantitative estimate of drug-likeness (QED) is 0.747. The third-order valence-electron chi connectivity index (χ3n) is 2.97. The van der Waals surface area contributed by atoms with Gasteiger partial charge in [0.2, 0.25) is 0 Å². The first-order valence-electron chi connectivity index (χ1n) is 6.43. The van der Waals surface area contributed by atoms with Crippen molar-refractivity contribution in [3.05, 3.63) is 41.2 Å². The van der Waals surface area contributed by atoms with Crippen LogP contribution in [0.15, 0.2) is 29.9 Å². The summed E-state index contributed by atoms with van der Waals surface area (Å²) in [5, 5.41) is 15.9. The molecule has 108 valence electrons. The van der Waals surface area contributed by atoms with Gasteiger partial charge in [-0.25, -0.2) is 14.3 Å². The first-order chi connectivity index (χ1) is 10.2. The Hall–Kier alpha value is -2.25. The summed E-state index contributed by atoms with van der Waals surface area (Å²) in [5.41, 5.74) is 2.66. The second-order valence-electron chi connectivity index (χ2n) is 4.33. The van der Waals surface area contributed by atoms with Crippen molar-refractivity contribution in [2.45, 2.75) is 13.5 Å². The number of ether oxygens (including phenoxy) is 1. The maximum absolute atomic E-state index is 11.8. The van der Waals surface area contributed by atoms with E-state index < -0.39 is 0 Å². The molecule has 0 saturated carbocycles. The van der Waals surface area contributed by atoms with Gasteiger partial charge in [0.15, 0.2) is 0 Å². The van der Waals surface area contributed by atoms with Gasteiger partial charge in [0.1, 0.15) is 10.6 Å². The monoisotopic (exact) mass is 303 g/mol. The van der Waals surface area contributed by atoms with Crippen LogP contribution in [-0.4, -0.2) is 32.3 Å². The highest BCUT2D eigenvalue weighted by Crippen LogP contribution is 2.25. The zero-order chi connectivity index (χ0) is 14.8. The van der Waals surface area contributed by atoms with Crippen LogP contribution >= 0.6 is 11.3 Å². The molecule has 0 spiro atoms. The van der Waals surface area contributed by atoms with E-state index in [0.29, 0.717) is 23.4 Å². The second kappa shape index (κ2) is 5.63. The fraction of sp³-hybridized carbons (Fsp3) is 0.214. The highest BCUT2D eigenvalue weighted by atomic mass is 32.1. The molecule has 1 N–H and O–H groups in total. The summed E-state index contributed by atoms with van der Waals surface area (Å²) in [7, 11) is 0. The van der Waals surface area contributed by atoms with E-state index in [9.17, 15) is 4.79 Å². The fourth-order valence-corrected chi connectivity index (χ4v) is 2.79. The van der Waals surface area contributed by atoms with Crippen LogP contribution in [0.1, 0.15) is 23.0 Å². The molecule has 3 rings (SSSR count). The van der Waals surface area contributed by atoms with E-state index in [2.05, 4.69) is 10.1 Å². The van der Waals surface area contributed by atoms with Gasteiger partial charge in [-0.3, -0.25) is 0 Å². The summed E-state index contributed by atoms with van der Waals surface area (Å²) in [4.78, 5) is 16.1. The minimum Gasteiger partial charge on any atom is -0.462 e. The molecule has 6 nitrogen and oxygen atoms in total. The van der Waals surface area contributed by atoms with Crippen LogP contribution < -0.4 is 0 Å². The molecule has 0 unspecified atom stereocenters. The molecule has 3 aromatic rings. The van der Waals surface area contributed by atoms with Crippen molar-refractivity contribution in [2.24, 2.45) is 0 Å². The molecule has 7 heteroatoms. The van der Waals surface area contributed by atoms with Crippen LogP contribution in [0.5, 0.6) is 0 Å². The highest BCUT2D eigenvalue weighted by Gasteiger charge is 2.14. The Morgan fingerprint density at radius 1 is 1.48 bits per heavy atom. The average molecular weight is 303 g/mol. The third-order valence-corrected chi connectivity index (χ3v) is 3.91. The van der Waals surface area contributed by atoms with E-state index in [0.717, 1.165) is 10.6 Å². The minimum atomic E-state index is -0.378. The molecular formula is C14H13N3O3S. The number of fused-ring (bicyclic) bond motifs is 1. The van der Waals surface area contributed by atoms with Crippen molar-refractivity contribution in [3.8, 4) is 10.6 Å². The topological polar surface area (TPSA) is 76.7 Å². The number of nitrogens with zero attached hydrogens (tertiary/aromatic N) is 3. The zero-order valence-electron chi connectivity index (χ0n) is 11.3. The van der Waals surface area contributed by atoms with Crippen molar-refractivity contribution < 1.29 is 14.6 Å². The number of aromatic nitrogens is 3. The summed E-state index contributed by atoms with van der Waals surface area (Å²) < 4.78 is 6.62. The summed E-state index contributed by atoms with van der Waals surface area (Å²) in [5.74, 6) is -0.378. The van der Waals surface area contributed by atoms with Crippen molar-refractivity contribution in [2.75, 3.05) is 6.61 Å². The Morgan fingerprint density at radius 3 is 3.05 bits per heavy atom. The number of hydrogen-bond donors (Lipinski definition) is 1. The van der Waals surface area contributed by atoms with Crippen LogP contribution in [0.25, 0.3) is 16.1 Å². The maximum Gasteiger partial charge on any atom is 0.341 e. The van der Waals surface area contributed by atoms with Gasteiger partial charge in [-0.15, -0.1) is 11.3 Å². The molecule has 0 amide bonds. The molecule has 0 aliphatic rings. The number of hydrogen-bond acceptors (Lipinski definition) is 6. The summed E-state index contributed by atoms with van der Waals surface area (Å²) >= 11 is 1.45. The van der Waals surface area contributed by atoms with Gasteiger partial charge < -0.3 is 9.84 Å². The van der Waals surface area contributed by atoms with Crippen molar-refractivity contribution >= 4 is 22.8 Å². The van der Waals surface area contributed by atoms with Gasteiger partial charge >= 0.3 is 5.97 Å². The number of pyridine rings is 1. The largest absolute Gasteiger partial charge is 0.462 e. The maximum atomic E-state index is 11.8. The molecule has 21 heavy (non-hydrogen) atoms. The summed E-state index contributed by atoms with van der Waals surface area (Å²) in [6.45, 7) is 2.02. The lowest BCUT2D eigenvalue weighted by Gasteiger charge is -2.01. The molecular weight excluding hydrogens is 290 g/mol. The first-order valence-corrected chi connectivity index (χ1v) is 7.31. The average Bonchev–Trinajstić information content (AvgIpc) is 3.13. The first kappa shape index (κ1) is 13.7. The van der Waals surface area contributed by atoms with Crippen molar-refractivity contribution in [3.63, 3.8) is 0 Å². The Balaban J connectivity index is 2.00. The lowest BCUT2D eigenvalue weighted by Crippen LogP contribution is -2.03. The Bertz CT molecular complexity index is 794. The number of thiazole rings is 1. The van der Waals surface area contributed by atoms with E-state index >= 15 is 0 Å². The van der Waals surface area contributed by atoms with Crippen molar-refractivity contribution in [1.82, 2.24) is 14.6 Å². The third kappa shape index (κ3) is 2.53. The van der Waals surface area contributed by atoms with Crippen LogP contribution in [0.4, 0.5) is 0 Å². The van der Waals surface area contributed by atoms with Gasteiger partial charge in [-0.2, -0.15) is 5.10 Å². The lowest BCUT2D eigenvalue weighted by atomic mass is 10.2. The van der Waals surface area contributed by atoms with E-state index in [-0.39, 0.29) is 12.6 Å². The zero-order valence-corrected chi connectivity index (χ0v) is 12.1. The fourth-order valence-electron chi connectivity index (χ4n) is 1.99. The number of aliphatic hydroxyl groups is 1. The molecule has 0 aliphatic carbocycles. The molecule has 0 aliphatic heterocycles. The number of esters is 1. The molecule has 0 fully saturated rings. The smallest absolute Gasteiger partial charge is 0.341 e. The van der Waals surface area contributed by atoms with E-state index in [1.807, 2.05) is 17.5 Å². The number of rotatable bonds is 4. The molecule has 0 aromatic carbocycles. The SMILES string of the molecule is CCOC(=O)c1cnn2cc(-c3nc(CO)cs3)ccc12. The molecule has 0 atom stereocenters. The van der Waals surface area contributed by atoms with Crippen LogP contribution in [0.2, 0.25) is 0 Å². The minimum absolute atomic E-state index is 0.0759. The van der Waals surface area contributed by atoms with Gasteiger partial charge in [0.05, 0.1) is 30.6 Å². The predicted molar refractivity (Wildman–Crippen MR) is 78.2 cm³/mol. The Labute approximate surface area is 124 Å². The van der Waals surface area contributed by atoms with Crippen LogP contribution in [0, 0.1) is 0 Å². The predicted octanol–water partition coefficient (Wildman–Crippen LogP) is 2.13. The lowest BCUT2D eigenvalue weighted by molar-refractivity contribution is 0.0528. The number of aliphatic hydroxyl groups excluding tert-OH is 1. The second-order valence-corrected chi connectivity index (χ2v) is 5.19. The van der Waals surface area contributed by atoms with Gasteiger partial charge in [0, 0.05) is 17.1 Å². The van der Waals surface area contributed by atoms with Crippen molar-refractivity contribution in [1.29, 1.82) is 0 Å². The highest BCUT2D eigenvalue weighted by molar-refractivity contribution is 7.13. The molecule has 3 heterocycles. The van der Waals surface area contributed by atoms with E-state index in [1.165, 1.54) is 17.5 Å².